The molecule has 0 spiro atoms. The summed E-state index contributed by atoms with van der Waals surface area (Å²) in [5.74, 6) is 0. The van der Waals surface area contributed by atoms with Crippen LogP contribution in [-0.4, -0.2) is 19.2 Å². The van der Waals surface area contributed by atoms with Gasteiger partial charge in [-0.2, -0.15) is 0 Å². The highest BCUT2D eigenvalue weighted by atomic mass is 16.5. The third kappa shape index (κ3) is 4.05. The fraction of sp³-hybridized carbons (Fsp3) is 0.647. The first-order valence-electron chi connectivity index (χ1n) is 7.78. The van der Waals surface area contributed by atoms with E-state index < -0.39 is 0 Å². The molecule has 0 fully saturated rings. The predicted octanol–water partition coefficient (Wildman–Crippen LogP) is 3.86. The van der Waals surface area contributed by atoms with Crippen molar-refractivity contribution in [1.82, 2.24) is 5.32 Å². The zero-order valence-corrected chi connectivity index (χ0v) is 12.3. The van der Waals surface area contributed by atoms with Crippen LogP contribution >= 0.6 is 0 Å². The van der Waals surface area contributed by atoms with Crippen LogP contribution in [0.25, 0.3) is 0 Å². The Kier molecular flexibility index (Phi) is 5.87. The van der Waals surface area contributed by atoms with Crippen molar-refractivity contribution in [3.63, 3.8) is 0 Å². The highest BCUT2D eigenvalue weighted by molar-refractivity contribution is 5.31. The average Bonchev–Trinajstić information content (AvgIpc) is 2.47. The van der Waals surface area contributed by atoms with E-state index in [-0.39, 0.29) is 0 Å². The number of rotatable bonds is 7. The minimum absolute atomic E-state index is 0.308. The molecule has 2 rings (SSSR count). The molecule has 19 heavy (non-hydrogen) atoms. The van der Waals surface area contributed by atoms with Gasteiger partial charge in [-0.05, 0) is 49.8 Å². The lowest BCUT2D eigenvalue weighted by molar-refractivity contribution is 0.0260. The fourth-order valence-corrected chi connectivity index (χ4v) is 2.78. The second kappa shape index (κ2) is 7.66. The van der Waals surface area contributed by atoms with E-state index in [9.17, 15) is 0 Å². The molecular formula is C17H27NO. The minimum Gasteiger partial charge on any atom is -0.372 e. The van der Waals surface area contributed by atoms with Gasteiger partial charge in [0.1, 0.15) is 0 Å². The van der Waals surface area contributed by atoms with Gasteiger partial charge in [0, 0.05) is 6.04 Å². The summed E-state index contributed by atoms with van der Waals surface area (Å²) in [4.78, 5) is 0. The van der Waals surface area contributed by atoms with E-state index in [0.717, 1.165) is 19.6 Å². The van der Waals surface area contributed by atoms with Crippen molar-refractivity contribution in [3.8, 4) is 0 Å². The van der Waals surface area contributed by atoms with Crippen molar-refractivity contribution in [3.05, 3.63) is 35.4 Å². The Morgan fingerprint density at radius 2 is 2.16 bits per heavy atom. The third-order valence-corrected chi connectivity index (χ3v) is 3.99. The molecule has 106 valence electrons. The normalized spacial score (nSPS) is 20.0. The van der Waals surface area contributed by atoms with Gasteiger partial charge >= 0.3 is 0 Å². The van der Waals surface area contributed by atoms with Crippen molar-refractivity contribution in [1.29, 1.82) is 0 Å². The maximum absolute atomic E-state index is 6.20. The summed E-state index contributed by atoms with van der Waals surface area (Å²) in [6, 6.07) is 9.25. The van der Waals surface area contributed by atoms with Gasteiger partial charge in [0.15, 0.2) is 0 Å². The SMILES string of the molecule is CCCNC(CC)COC1CCCc2ccccc21. The molecule has 1 aromatic rings. The molecule has 0 heterocycles. The maximum Gasteiger partial charge on any atom is 0.0828 e. The van der Waals surface area contributed by atoms with E-state index in [4.69, 9.17) is 4.74 Å². The van der Waals surface area contributed by atoms with Gasteiger partial charge < -0.3 is 10.1 Å². The number of aryl methyl sites for hydroxylation is 1. The van der Waals surface area contributed by atoms with Crippen molar-refractivity contribution in [2.75, 3.05) is 13.2 Å². The van der Waals surface area contributed by atoms with Gasteiger partial charge in [0.05, 0.1) is 12.7 Å². The topological polar surface area (TPSA) is 21.3 Å². The van der Waals surface area contributed by atoms with Gasteiger partial charge in [-0.3, -0.25) is 0 Å². The van der Waals surface area contributed by atoms with Gasteiger partial charge in [-0.15, -0.1) is 0 Å². The first-order valence-corrected chi connectivity index (χ1v) is 7.78. The third-order valence-electron chi connectivity index (χ3n) is 3.99. The van der Waals surface area contributed by atoms with Crippen LogP contribution in [0.15, 0.2) is 24.3 Å². The van der Waals surface area contributed by atoms with E-state index in [1.807, 2.05) is 0 Å². The van der Waals surface area contributed by atoms with Crippen LogP contribution in [0.4, 0.5) is 0 Å². The number of fused-ring (bicyclic) bond motifs is 1. The summed E-state index contributed by atoms with van der Waals surface area (Å²) in [5, 5.41) is 3.56. The Morgan fingerprint density at radius 1 is 1.32 bits per heavy atom. The highest BCUT2D eigenvalue weighted by Gasteiger charge is 2.21. The van der Waals surface area contributed by atoms with Crippen LogP contribution in [0, 0.1) is 0 Å². The Bertz CT molecular complexity index is 377. The molecule has 1 N–H and O–H groups in total. The lowest BCUT2D eigenvalue weighted by Crippen LogP contribution is -2.34. The predicted molar refractivity (Wildman–Crippen MR) is 80.4 cm³/mol. The van der Waals surface area contributed by atoms with Crippen molar-refractivity contribution >= 4 is 0 Å². The fourth-order valence-electron chi connectivity index (χ4n) is 2.78. The van der Waals surface area contributed by atoms with Crippen LogP contribution in [0.3, 0.4) is 0 Å². The lowest BCUT2D eigenvalue weighted by atomic mass is 9.89. The van der Waals surface area contributed by atoms with Gasteiger partial charge in [-0.25, -0.2) is 0 Å². The Morgan fingerprint density at radius 3 is 2.95 bits per heavy atom. The molecule has 0 aliphatic heterocycles. The second-order valence-corrected chi connectivity index (χ2v) is 5.47. The molecule has 2 unspecified atom stereocenters. The molecule has 0 saturated carbocycles. The molecule has 0 amide bonds. The Balaban J connectivity index is 1.89. The molecule has 1 aliphatic rings. The zero-order valence-electron chi connectivity index (χ0n) is 12.3. The van der Waals surface area contributed by atoms with Crippen molar-refractivity contribution in [2.45, 2.75) is 58.1 Å². The summed E-state index contributed by atoms with van der Waals surface area (Å²) in [6.45, 7) is 6.35. The van der Waals surface area contributed by atoms with E-state index in [1.54, 1.807) is 0 Å². The van der Waals surface area contributed by atoms with Crippen molar-refractivity contribution < 1.29 is 4.74 Å². The summed E-state index contributed by atoms with van der Waals surface area (Å²) in [7, 11) is 0. The molecule has 2 heteroatoms. The molecule has 0 saturated heterocycles. The van der Waals surface area contributed by atoms with Crippen LogP contribution < -0.4 is 5.32 Å². The standard InChI is InChI=1S/C17H27NO/c1-3-12-18-15(4-2)13-19-17-11-7-9-14-8-5-6-10-16(14)17/h5-6,8,10,15,17-18H,3-4,7,9,11-13H2,1-2H3. The number of ether oxygens (including phenoxy) is 1. The number of benzene rings is 1. The molecule has 2 atom stereocenters. The summed E-state index contributed by atoms with van der Waals surface area (Å²) in [6.07, 6.45) is 6.25. The lowest BCUT2D eigenvalue weighted by Gasteiger charge is -2.27. The molecule has 2 nitrogen and oxygen atoms in total. The monoisotopic (exact) mass is 261 g/mol. The Labute approximate surface area is 117 Å². The molecule has 0 aromatic heterocycles. The quantitative estimate of drug-likeness (QED) is 0.804. The van der Waals surface area contributed by atoms with Crippen LogP contribution in [-0.2, 0) is 11.2 Å². The van der Waals surface area contributed by atoms with Gasteiger partial charge in [0.25, 0.3) is 0 Å². The summed E-state index contributed by atoms with van der Waals surface area (Å²) >= 11 is 0. The van der Waals surface area contributed by atoms with Gasteiger partial charge in [0.2, 0.25) is 0 Å². The number of nitrogens with one attached hydrogen (secondary N) is 1. The van der Waals surface area contributed by atoms with E-state index in [0.29, 0.717) is 12.1 Å². The molecule has 1 aliphatic carbocycles. The second-order valence-electron chi connectivity index (χ2n) is 5.47. The molecule has 0 radical (unpaired) electrons. The highest BCUT2D eigenvalue weighted by Crippen LogP contribution is 2.32. The molecule has 0 bridgehead atoms. The first kappa shape index (κ1) is 14.5. The largest absolute Gasteiger partial charge is 0.372 e. The zero-order chi connectivity index (χ0) is 13.5. The van der Waals surface area contributed by atoms with Crippen LogP contribution in [0.2, 0.25) is 0 Å². The average molecular weight is 261 g/mol. The van der Waals surface area contributed by atoms with E-state index >= 15 is 0 Å². The van der Waals surface area contributed by atoms with Crippen LogP contribution in [0.5, 0.6) is 0 Å². The smallest absolute Gasteiger partial charge is 0.0828 e. The first-order chi connectivity index (χ1) is 9.35. The summed E-state index contributed by atoms with van der Waals surface area (Å²) in [5.41, 5.74) is 2.90. The maximum atomic E-state index is 6.20. The Hall–Kier alpha value is -0.860. The van der Waals surface area contributed by atoms with Crippen molar-refractivity contribution in [2.24, 2.45) is 0 Å². The van der Waals surface area contributed by atoms with Gasteiger partial charge in [-0.1, -0.05) is 38.1 Å². The minimum atomic E-state index is 0.308. The molecule has 1 aromatic carbocycles. The molecular weight excluding hydrogens is 234 g/mol. The van der Waals surface area contributed by atoms with E-state index in [1.165, 1.54) is 36.8 Å². The van der Waals surface area contributed by atoms with E-state index in [2.05, 4.69) is 43.4 Å². The summed E-state index contributed by atoms with van der Waals surface area (Å²) < 4.78 is 6.20. The number of hydrogen-bond donors (Lipinski definition) is 1. The number of hydrogen-bond acceptors (Lipinski definition) is 2. The van der Waals surface area contributed by atoms with Crippen LogP contribution in [0.1, 0.15) is 56.8 Å².